The van der Waals surface area contributed by atoms with E-state index in [0.717, 1.165) is 11.3 Å². The number of carboxylic acids is 1. The first-order chi connectivity index (χ1) is 8.61. The fraction of sp³-hybridized carbons (Fsp3) is 0.364. The average Bonchev–Trinajstić information content (AvgIpc) is 2.73. The molecule has 3 N–H and O–H groups in total. The predicted octanol–water partition coefficient (Wildman–Crippen LogP) is 1.70. The molecule has 0 spiro atoms. The third-order valence-electron chi connectivity index (χ3n) is 1.84. The second-order valence-electron chi connectivity index (χ2n) is 4.62. The van der Waals surface area contributed by atoms with Gasteiger partial charge in [-0.3, -0.25) is 4.79 Å². The molecule has 0 aliphatic rings. The van der Waals surface area contributed by atoms with Gasteiger partial charge in [-0.25, -0.2) is 15.4 Å². The molecule has 0 aromatic carbocycles. The maximum absolute atomic E-state index is 11.8. The van der Waals surface area contributed by atoms with Crippen LogP contribution in [0.4, 0.5) is 4.79 Å². The molecular weight excluding hydrogens is 272 g/mol. The zero-order valence-corrected chi connectivity index (χ0v) is 11.5. The molecule has 0 saturated heterocycles. The highest BCUT2D eigenvalue weighted by molar-refractivity contribution is 7.15. The number of hydrazine groups is 1. The number of aromatic carboxylic acids is 1. The molecule has 0 aliphatic heterocycles. The van der Waals surface area contributed by atoms with E-state index in [-0.39, 0.29) is 9.75 Å². The maximum Gasteiger partial charge on any atom is 0.432 e. The number of carbonyl (C=O) groups is 3. The largest absolute Gasteiger partial charge is 0.477 e. The van der Waals surface area contributed by atoms with Gasteiger partial charge in [-0.15, -0.1) is 11.3 Å². The van der Waals surface area contributed by atoms with Crippen molar-refractivity contribution in [2.24, 2.45) is 5.84 Å². The number of imide groups is 1. The molecule has 0 bridgehead atoms. The summed E-state index contributed by atoms with van der Waals surface area (Å²) in [6.07, 6.45) is -0.997. The van der Waals surface area contributed by atoms with Crippen LogP contribution in [0.5, 0.6) is 0 Å². The van der Waals surface area contributed by atoms with Gasteiger partial charge in [0.2, 0.25) is 0 Å². The van der Waals surface area contributed by atoms with E-state index in [1.165, 1.54) is 12.1 Å². The molecule has 1 aromatic rings. The molecule has 7 nitrogen and oxygen atoms in total. The Morgan fingerprint density at radius 1 is 1.26 bits per heavy atom. The van der Waals surface area contributed by atoms with E-state index in [4.69, 9.17) is 15.7 Å². The van der Waals surface area contributed by atoms with Crippen LogP contribution >= 0.6 is 11.3 Å². The first kappa shape index (κ1) is 15.1. The van der Waals surface area contributed by atoms with Crippen LogP contribution in [0.2, 0.25) is 0 Å². The van der Waals surface area contributed by atoms with Gasteiger partial charge >= 0.3 is 12.1 Å². The van der Waals surface area contributed by atoms with Gasteiger partial charge in [-0.2, -0.15) is 5.01 Å². The lowest BCUT2D eigenvalue weighted by Crippen LogP contribution is -2.45. The Balaban J connectivity index is 2.81. The number of thiophene rings is 1. The minimum absolute atomic E-state index is 0.0130. The summed E-state index contributed by atoms with van der Waals surface area (Å²) in [7, 11) is 0. The lowest BCUT2D eigenvalue weighted by Gasteiger charge is -2.22. The topological polar surface area (TPSA) is 110 Å². The normalized spacial score (nSPS) is 10.9. The SMILES string of the molecule is CC(C)(C)OC(=O)N(N)C(=O)c1ccc(C(=O)O)s1. The van der Waals surface area contributed by atoms with Crippen LogP contribution in [0.3, 0.4) is 0 Å². The Morgan fingerprint density at radius 2 is 1.79 bits per heavy atom. The van der Waals surface area contributed by atoms with Crippen molar-refractivity contribution in [1.82, 2.24) is 5.01 Å². The molecule has 0 radical (unpaired) electrons. The predicted molar refractivity (Wildman–Crippen MR) is 67.9 cm³/mol. The Kier molecular flexibility index (Phi) is 4.28. The van der Waals surface area contributed by atoms with Gasteiger partial charge in [-0.05, 0) is 32.9 Å². The molecule has 0 fully saturated rings. The number of nitrogens with two attached hydrogens (primary N) is 1. The summed E-state index contributed by atoms with van der Waals surface area (Å²) in [5, 5.41) is 9.07. The fourth-order valence-corrected chi connectivity index (χ4v) is 1.86. The van der Waals surface area contributed by atoms with Gasteiger partial charge in [0.1, 0.15) is 10.5 Å². The average molecular weight is 286 g/mol. The van der Waals surface area contributed by atoms with Gasteiger partial charge in [0, 0.05) is 0 Å². The number of amides is 2. The molecule has 8 heteroatoms. The third kappa shape index (κ3) is 4.04. The zero-order valence-electron chi connectivity index (χ0n) is 10.7. The molecule has 1 rings (SSSR count). The minimum Gasteiger partial charge on any atom is -0.477 e. The number of ether oxygens (including phenoxy) is 1. The number of carboxylic acid groups (broad SMARTS) is 1. The lowest BCUT2D eigenvalue weighted by molar-refractivity contribution is 0.0240. The fourth-order valence-electron chi connectivity index (χ4n) is 1.08. The van der Waals surface area contributed by atoms with E-state index < -0.39 is 23.6 Å². The Bertz CT molecular complexity index is 517. The summed E-state index contributed by atoms with van der Waals surface area (Å²) in [4.78, 5) is 34.1. The molecule has 0 unspecified atom stereocenters. The first-order valence-electron chi connectivity index (χ1n) is 5.27. The summed E-state index contributed by atoms with van der Waals surface area (Å²) >= 11 is 0.734. The van der Waals surface area contributed by atoms with Gasteiger partial charge < -0.3 is 9.84 Å². The summed E-state index contributed by atoms with van der Waals surface area (Å²) in [6.45, 7) is 4.91. The molecule has 0 saturated carbocycles. The van der Waals surface area contributed by atoms with Crippen LogP contribution in [-0.4, -0.2) is 33.7 Å². The smallest absolute Gasteiger partial charge is 0.432 e. The maximum atomic E-state index is 11.8. The minimum atomic E-state index is -1.15. The van der Waals surface area contributed by atoms with Crippen molar-refractivity contribution in [1.29, 1.82) is 0 Å². The Labute approximate surface area is 113 Å². The van der Waals surface area contributed by atoms with Gasteiger partial charge in [0.05, 0.1) is 4.88 Å². The van der Waals surface area contributed by atoms with Crippen LogP contribution in [0.15, 0.2) is 12.1 Å². The van der Waals surface area contributed by atoms with E-state index in [9.17, 15) is 14.4 Å². The summed E-state index contributed by atoms with van der Waals surface area (Å²) in [6, 6.07) is 2.56. The first-order valence-corrected chi connectivity index (χ1v) is 6.09. The molecular formula is C11H14N2O5S. The molecule has 2 amide bonds. The van der Waals surface area contributed by atoms with Crippen LogP contribution < -0.4 is 5.84 Å². The molecule has 0 atom stereocenters. The zero-order chi connectivity index (χ0) is 14.8. The van der Waals surface area contributed by atoms with E-state index in [0.29, 0.717) is 5.01 Å². The van der Waals surface area contributed by atoms with E-state index in [1.807, 2.05) is 0 Å². The van der Waals surface area contributed by atoms with E-state index >= 15 is 0 Å². The second-order valence-corrected chi connectivity index (χ2v) is 5.71. The molecule has 1 aromatic heterocycles. The van der Waals surface area contributed by atoms with Crippen LogP contribution in [-0.2, 0) is 4.74 Å². The van der Waals surface area contributed by atoms with E-state index in [1.54, 1.807) is 20.8 Å². The van der Waals surface area contributed by atoms with Crippen molar-refractivity contribution in [3.8, 4) is 0 Å². The Morgan fingerprint density at radius 3 is 2.21 bits per heavy atom. The molecule has 1 heterocycles. The molecule has 19 heavy (non-hydrogen) atoms. The lowest BCUT2D eigenvalue weighted by atomic mass is 10.2. The van der Waals surface area contributed by atoms with Crippen LogP contribution in [0, 0.1) is 0 Å². The quantitative estimate of drug-likeness (QED) is 0.486. The second kappa shape index (κ2) is 5.37. The van der Waals surface area contributed by atoms with Crippen molar-refractivity contribution in [2.75, 3.05) is 0 Å². The van der Waals surface area contributed by atoms with Crippen molar-refractivity contribution in [2.45, 2.75) is 26.4 Å². The van der Waals surface area contributed by atoms with Crippen molar-refractivity contribution in [3.05, 3.63) is 21.9 Å². The summed E-state index contributed by atoms with van der Waals surface area (Å²) in [5.41, 5.74) is -0.781. The highest BCUT2D eigenvalue weighted by atomic mass is 32.1. The van der Waals surface area contributed by atoms with Gasteiger partial charge in [-0.1, -0.05) is 0 Å². The number of nitrogens with zero attached hydrogens (tertiary/aromatic N) is 1. The highest BCUT2D eigenvalue weighted by Crippen LogP contribution is 2.18. The van der Waals surface area contributed by atoms with Crippen molar-refractivity contribution < 1.29 is 24.2 Å². The number of hydrogen-bond acceptors (Lipinski definition) is 6. The number of rotatable bonds is 2. The van der Waals surface area contributed by atoms with Crippen LogP contribution in [0.1, 0.15) is 40.1 Å². The number of hydrogen-bond donors (Lipinski definition) is 2. The number of carbonyl (C=O) groups excluding carboxylic acids is 2. The van der Waals surface area contributed by atoms with E-state index in [2.05, 4.69) is 0 Å². The summed E-state index contributed by atoms with van der Waals surface area (Å²) in [5.74, 6) is 3.39. The van der Waals surface area contributed by atoms with Crippen LogP contribution in [0.25, 0.3) is 0 Å². The third-order valence-corrected chi connectivity index (χ3v) is 2.90. The highest BCUT2D eigenvalue weighted by Gasteiger charge is 2.26. The molecule has 104 valence electrons. The van der Waals surface area contributed by atoms with Gasteiger partial charge in [0.15, 0.2) is 0 Å². The standard InChI is InChI=1S/C11H14N2O5S/c1-11(2,3)18-10(17)13(12)8(14)6-4-5-7(19-6)9(15)16/h4-5H,12H2,1-3H3,(H,15,16). The van der Waals surface area contributed by atoms with Crippen molar-refractivity contribution >= 4 is 29.3 Å². The van der Waals surface area contributed by atoms with Gasteiger partial charge in [0.25, 0.3) is 5.91 Å². The molecule has 0 aliphatic carbocycles. The monoisotopic (exact) mass is 286 g/mol. The Hall–Kier alpha value is -1.93. The summed E-state index contributed by atoms with van der Waals surface area (Å²) < 4.78 is 4.93. The van der Waals surface area contributed by atoms with Crippen molar-refractivity contribution in [3.63, 3.8) is 0 Å².